The van der Waals surface area contributed by atoms with Gasteiger partial charge in [0, 0.05) is 15.0 Å². The van der Waals surface area contributed by atoms with E-state index in [-0.39, 0.29) is 10.9 Å². The number of halogens is 2. The van der Waals surface area contributed by atoms with Crippen LogP contribution in [-0.2, 0) is 10.0 Å². The van der Waals surface area contributed by atoms with E-state index in [0.717, 1.165) is 14.5 Å². The molecule has 0 aromatic heterocycles. The van der Waals surface area contributed by atoms with E-state index in [2.05, 4.69) is 36.6 Å². The number of sulfonamides is 1. The zero-order valence-electron chi connectivity index (χ0n) is 10.7. The molecule has 6 heteroatoms. The summed E-state index contributed by atoms with van der Waals surface area (Å²) in [5.74, 6) is 0. The van der Waals surface area contributed by atoms with Gasteiger partial charge >= 0.3 is 0 Å². The smallest absolute Gasteiger partial charge is 0.207 e. The Hall–Kier alpha value is -0.690. The molecule has 0 amide bonds. The summed E-state index contributed by atoms with van der Waals surface area (Å²) in [6.45, 7) is 1.82. The zero-order chi connectivity index (χ0) is 14.8. The summed E-state index contributed by atoms with van der Waals surface area (Å²) in [5.41, 5.74) is 0.895. The molecular weight excluding hydrogens is 406 g/mol. The van der Waals surface area contributed by atoms with E-state index >= 15 is 0 Å². The van der Waals surface area contributed by atoms with Crippen molar-refractivity contribution in [3.8, 4) is 0 Å². The molecule has 0 spiro atoms. The second-order valence-electron chi connectivity index (χ2n) is 4.32. The summed E-state index contributed by atoms with van der Waals surface area (Å²) in [5, 5.41) is 0. The molecule has 1 unspecified atom stereocenters. The predicted octanol–water partition coefficient (Wildman–Crippen LogP) is 4.25. The third-order valence-electron chi connectivity index (χ3n) is 2.81. The molecule has 2 aromatic rings. The van der Waals surface area contributed by atoms with E-state index in [0.29, 0.717) is 0 Å². The van der Waals surface area contributed by atoms with Crippen LogP contribution in [0.4, 0.5) is 0 Å². The maximum atomic E-state index is 12.3. The third kappa shape index (κ3) is 3.69. The molecule has 0 fully saturated rings. The van der Waals surface area contributed by atoms with Gasteiger partial charge in [0.25, 0.3) is 0 Å². The molecule has 0 heterocycles. The normalized spacial score (nSPS) is 13.2. The summed E-state index contributed by atoms with van der Waals surface area (Å²) in [7, 11) is -3.55. The van der Waals surface area contributed by atoms with Gasteiger partial charge in [0.2, 0.25) is 10.0 Å². The van der Waals surface area contributed by atoms with Gasteiger partial charge in [0.05, 0.1) is 4.90 Å². The molecule has 106 valence electrons. The van der Waals surface area contributed by atoms with Crippen molar-refractivity contribution in [3.05, 3.63) is 63.0 Å². The highest BCUT2D eigenvalue weighted by Crippen LogP contribution is 2.25. The number of nitrogens with one attached hydrogen (secondary N) is 1. The standard InChI is InChI=1S/C14H13Br2NO2S/c1-10(13-7-2-3-8-14(13)16)17-20(18,19)12-6-4-5-11(15)9-12/h2-10,17H,1H3. The highest BCUT2D eigenvalue weighted by Gasteiger charge is 2.19. The van der Waals surface area contributed by atoms with Crippen LogP contribution in [-0.4, -0.2) is 8.42 Å². The molecule has 20 heavy (non-hydrogen) atoms. The van der Waals surface area contributed by atoms with E-state index in [1.165, 1.54) is 0 Å². The highest BCUT2D eigenvalue weighted by molar-refractivity contribution is 9.10. The monoisotopic (exact) mass is 417 g/mol. The predicted molar refractivity (Wildman–Crippen MR) is 87.0 cm³/mol. The average molecular weight is 419 g/mol. The molecule has 0 radical (unpaired) electrons. The first-order valence-electron chi connectivity index (χ1n) is 5.92. The summed E-state index contributed by atoms with van der Waals surface area (Å²) in [6.07, 6.45) is 0. The number of hydrogen-bond donors (Lipinski definition) is 1. The van der Waals surface area contributed by atoms with E-state index in [1.807, 2.05) is 31.2 Å². The Kier molecular flexibility index (Phi) is 5.01. The Balaban J connectivity index is 2.27. The van der Waals surface area contributed by atoms with Crippen LogP contribution in [0.2, 0.25) is 0 Å². The SMILES string of the molecule is CC(NS(=O)(=O)c1cccc(Br)c1)c1ccccc1Br. The van der Waals surface area contributed by atoms with Crippen molar-refractivity contribution >= 4 is 41.9 Å². The molecule has 0 aliphatic carbocycles. The number of rotatable bonds is 4. The fraction of sp³-hybridized carbons (Fsp3) is 0.143. The third-order valence-corrected chi connectivity index (χ3v) is 5.56. The number of hydrogen-bond acceptors (Lipinski definition) is 2. The Morgan fingerprint density at radius 1 is 1.05 bits per heavy atom. The van der Waals surface area contributed by atoms with Gasteiger partial charge in [-0.15, -0.1) is 0 Å². The lowest BCUT2D eigenvalue weighted by molar-refractivity contribution is 0.566. The largest absolute Gasteiger partial charge is 0.241 e. The molecule has 0 saturated carbocycles. The van der Waals surface area contributed by atoms with Gasteiger partial charge < -0.3 is 0 Å². The van der Waals surface area contributed by atoms with Gasteiger partial charge in [-0.1, -0.05) is 56.1 Å². The van der Waals surface area contributed by atoms with Gasteiger partial charge in [0.1, 0.15) is 0 Å². The van der Waals surface area contributed by atoms with Gasteiger partial charge in [-0.25, -0.2) is 13.1 Å². The quantitative estimate of drug-likeness (QED) is 0.806. The van der Waals surface area contributed by atoms with Crippen LogP contribution < -0.4 is 4.72 Å². The molecule has 0 saturated heterocycles. The van der Waals surface area contributed by atoms with Crippen molar-refractivity contribution in [2.24, 2.45) is 0 Å². The second kappa shape index (κ2) is 6.39. The van der Waals surface area contributed by atoms with Crippen LogP contribution in [0.1, 0.15) is 18.5 Å². The maximum Gasteiger partial charge on any atom is 0.241 e. The molecule has 1 atom stereocenters. The fourth-order valence-corrected chi connectivity index (χ4v) is 4.27. The summed E-state index contributed by atoms with van der Waals surface area (Å²) >= 11 is 6.71. The van der Waals surface area contributed by atoms with E-state index < -0.39 is 10.0 Å². The van der Waals surface area contributed by atoms with Crippen molar-refractivity contribution in [3.63, 3.8) is 0 Å². The van der Waals surface area contributed by atoms with Gasteiger partial charge in [-0.3, -0.25) is 0 Å². The molecule has 1 N–H and O–H groups in total. The molecule has 3 nitrogen and oxygen atoms in total. The minimum Gasteiger partial charge on any atom is -0.207 e. The molecule has 0 aliphatic rings. The Morgan fingerprint density at radius 2 is 1.75 bits per heavy atom. The minimum absolute atomic E-state index is 0.241. The van der Waals surface area contributed by atoms with Crippen LogP contribution in [0.15, 0.2) is 62.4 Å². The summed E-state index contributed by atoms with van der Waals surface area (Å²) < 4.78 is 29.0. The van der Waals surface area contributed by atoms with Crippen LogP contribution >= 0.6 is 31.9 Å². The first kappa shape index (κ1) is 15.7. The van der Waals surface area contributed by atoms with Crippen LogP contribution in [0.25, 0.3) is 0 Å². The lowest BCUT2D eigenvalue weighted by Crippen LogP contribution is -2.27. The highest BCUT2D eigenvalue weighted by atomic mass is 79.9. The van der Waals surface area contributed by atoms with Crippen LogP contribution in [0.5, 0.6) is 0 Å². The lowest BCUT2D eigenvalue weighted by Gasteiger charge is -2.16. The van der Waals surface area contributed by atoms with E-state index in [9.17, 15) is 8.42 Å². The Bertz CT molecular complexity index is 717. The summed E-state index contributed by atoms with van der Waals surface area (Å²) in [4.78, 5) is 0.241. The number of benzene rings is 2. The lowest BCUT2D eigenvalue weighted by atomic mass is 10.1. The van der Waals surface area contributed by atoms with Crippen molar-refractivity contribution in [2.75, 3.05) is 0 Å². The van der Waals surface area contributed by atoms with Gasteiger partial charge in [-0.05, 0) is 36.8 Å². The first-order chi connectivity index (χ1) is 9.40. The van der Waals surface area contributed by atoms with Gasteiger partial charge in [-0.2, -0.15) is 0 Å². The van der Waals surface area contributed by atoms with E-state index in [4.69, 9.17) is 0 Å². The minimum atomic E-state index is -3.55. The molecule has 2 aromatic carbocycles. The Morgan fingerprint density at radius 3 is 2.40 bits per heavy atom. The zero-order valence-corrected chi connectivity index (χ0v) is 14.7. The van der Waals surface area contributed by atoms with Crippen molar-refractivity contribution in [1.29, 1.82) is 0 Å². The molecule has 2 rings (SSSR count). The second-order valence-corrected chi connectivity index (χ2v) is 7.81. The Labute approximate surface area is 135 Å². The van der Waals surface area contributed by atoms with Crippen LogP contribution in [0, 0.1) is 0 Å². The molecule has 0 aliphatic heterocycles. The van der Waals surface area contributed by atoms with Crippen molar-refractivity contribution in [2.45, 2.75) is 17.9 Å². The average Bonchev–Trinajstić information content (AvgIpc) is 2.38. The topological polar surface area (TPSA) is 46.2 Å². The van der Waals surface area contributed by atoms with Crippen LogP contribution in [0.3, 0.4) is 0 Å². The molecular formula is C14H13Br2NO2S. The first-order valence-corrected chi connectivity index (χ1v) is 8.99. The van der Waals surface area contributed by atoms with Crippen molar-refractivity contribution < 1.29 is 8.42 Å². The molecule has 0 bridgehead atoms. The van der Waals surface area contributed by atoms with Gasteiger partial charge in [0.15, 0.2) is 0 Å². The van der Waals surface area contributed by atoms with Crippen molar-refractivity contribution in [1.82, 2.24) is 4.72 Å². The van der Waals surface area contributed by atoms with E-state index in [1.54, 1.807) is 24.3 Å². The fourth-order valence-electron chi connectivity index (χ4n) is 1.82. The maximum absolute atomic E-state index is 12.3. The summed E-state index contributed by atoms with van der Waals surface area (Å²) in [6, 6.07) is 13.9.